The summed E-state index contributed by atoms with van der Waals surface area (Å²) in [5, 5.41) is 2.90. The number of fused-ring (bicyclic) bond motifs is 8. The smallest absolute Gasteiger partial charge is 0.281 e. The van der Waals surface area contributed by atoms with Gasteiger partial charge in [0.15, 0.2) is 0 Å². The van der Waals surface area contributed by atoms with Crippen molar-refractivity contribution in [1.82, 2.24) is 24.7 Å². The van der Waals surface area contributed by atoms with Gasteiger partial charge in [-0.2, -0.15) is 4.98 Å². The van der Waals surface area contributed by atoms with Gasteiger partial charge in [-0.3, -0.25) is 38.8 Å². The molecular weight excluding hydrogens is 760 g/mol. The first-order valence-corrected chi connectivity index (χ1v) is 20.7. The van der Waals surface area contributed by atoms with Crippen LogP contribution >= 0.6 is 15.9 Å². The SMILES string of the molecule is O=C1CCC(N2C(=O)c3ccc(N4CCC(N5CCC(c6ccc7c(c6)-n6c(nc(=O)c8c(Br)cccc86)C76CCCCC6)CC5)CC4)cc3C2=O)C(=O)N1. The van der Waals surface area contributed by atoms with Gasteiger partial charge in [-0.1, -0.05) is 37.5 Å². The standard InChI is InChI=1S/C43H43BrN6O5/c44-32-5-4-6-33-37(32)39(53)46-42-43(17-2-1-3-18-43)31-10-7-26(23-35(31)49(33)42)25-13-19-47(20-14-25)27-15-21-48(22-16-27)28-8-9-29-30(24-28)41(55)50(40(29)54)34-11-12-36(51)45-38(34)52/h4-10,23-25,27,34H,1-3,11-22H2,(H,45,51,52). The van der Waals surface area contributed by atoms with E-state index in [1.807, 2.05) is 18.2 Å². The lowest BCUT2D eigenvalue weighted by atomic mass is 9.69. The molecular formula is C43H43BrN6O5. The predicted molar refractivity (Wildman–Crippen MR) is 211 cm³/mol. The molecule has 4 aromatic rings. The normalized spacial score (nSPS) is 23.0. The molecule has 11 nitrogen and oxygen atoms in total. The highest BCUT2D eigenvalue weighted by Crippen LogP contribution is 2.52. The van der Waals surface area contributed by atoms with Gasteiger partial charge < -0.3 is 9.80 Å². The van der Waals surface area contributed by atoms with E-state index in [4.69, 9.17) is 4.98 Å². The van der Waals surface area contributed by atoms with Crippen molar-refractivity contribution in [3.63, 3.8) is 0 Å². The predicted octanol–water partition coefficient (Wildman–Crippen LogP) is 5.96. The van der Waals surface area contributed by atoms with Crippen LogP contribution in [-0.4, -0.2) is 81.2 Å². The van der Waals surface area contributed by atoms with Gasteiger partial charge >= 0.3 is 0 Å². The Morgan fingerprint density at radius 1 is 0.782 bits per heavy atom. The molecule has 1 unspecified atom stereocenters. The first-order valence-electron chi connectivity index (χ1n) is 19.9. The molecule has 1 aliphatic carbocycles. The van der Waals surface area contributed by atoms with Crippen molar-refractivity contribution >= 4 is 56.1 Å². The molecule has 6 heterocycles. The number of benzene rings is 3. The zero-order valence-corrected chi connectivity index (χ0v) is 32.3. The summed E-state index contributed by atoms with van der Waals surface area (Å²) in [6.07, 6.45) is 10.0. The number of nitrogens with zero attached hydrogens (tertiary/aromatic N) is 5. The van der Waals surface area contributed by atoms with Gasteiger partial charge in [-0.25, -0.2) is 0 Å². The Morgan fingerprint density at radius 2 is 1.55 bits per heavy atom. The molecule has 0 bridgehead atoms. The van der Waals surface area contributed by atoms with E-state index in [2.05, 4.69) is 59.9 Å². The molecule has 1 N–H and O–H groups in total. The van der Waals surface area contributed by atoms with Gasteiger partial charge in [-0.15, -0.1) is 0 Å². The number of amides is 4. The van der Waals surface area contributed by atoms with Crippen LogP contribution in [-0.2, 0) is 15.0 Å². The maximum atomic E-state index is 13.4. The Balaban J connectivity index is 0.821. The summed E-state index contributed by atoms with van der Waals surface area (Å²) in [4.78, 5) is 75.0. The second-order valence-corrected chi connectivity index (χ2v) is 17.2. The lowest BCUT2D eigenvalue weighted by Crippen LogP contribution is -2.54. The minimum absolute atomic E-state index is 0.101. The number of carbonyl (C=O) groups is 4. The molecule has 282 valence electrons. The Hall–Kier alpha value is -4.68. The second kappa shape index (κ2) is 13.2. The fourth-order valence-corrected chi connectivity index (χ4v) is 11.2. The third-order valence-electron chi connectivity index (χ3n) is 13.5. The van der Waals surface area contributed by atoms with Crippen LogP contribution in [0.1, 0.15) is 114 Å². The molecule has 4 fully saturated rings. The van der Waals surface area contributed by atoms with E-state index in [-0.39, 0.29) is 29.7 Å². The maximum Gasteiger partial charge on any atom is 0.281 e. The van der Waals surface area contributed by atoms with Gasteiger partial charge in [0.2, 0.25) is 11.8 Å². The number of rotatable bonds is 4. The lowest BCUT2D eigenvalue weighted by Gasteiger charge is -2.42. The molecule has 55 heavy (non-hydrogen) atoms. The molecule has 4 amide bonds. The topological polar surface area (TPSA) is 125 Å². The number of halogens is 1. The fourth-order valence-electron chi connectivity index (χ4n) is 10.7. The third-order valence-corrected chi connectivity index (χ3v) is 14.2. The van der Waals surface area contributed by atoms with Crippen LogP contribution in [0.25, 0.3) is 16.6 Å². The monoisotopic (exact) mass is 802 g/mol. The zero-order chi connectivity index (χ0) is 37.6. The van der Waals surface area contributed by atoms with Crippen molar-refractivity contribution in [3.05, 3.63) is 97.5 Å². The number of carbonyl (C=O) groups excluding carboxylic acids is 4. The first kappa shape index (κ1) is 34.8. The summed E-state index contributed by atoms with van der Waals surface area (Å²) in [6, 6.07) is 18.1. The van der Waals surface area contributed by atoms with E-state index in [1.54, 1.807) is 12.1 Å². The van der Waals surface area contributed by atoms with E-state index in [0.717, 1.165) is 104 Å². The maximum absolute atomic E-state index is 13.4. The van der Waals surface area contributed by atoms with E-state index >= 15 is 0 Å². The van der Waals surface area contributed by atoms with Crippen molar-refractivity contribution in [2.45, 2.75) is 94.0 Å². The highest BCUT2D eigenvalue weighted by atomic mass is 79.9. The molecule has 0 radical (unpaired) electrons. The van der Waals surface area contributed by atoms with E-state index in [0.29, 0.717) is 28.5 Å². The largest absolute Gasteiger partial charge is 0.371 e. The first-order chi connectivity index (χ1) is 26.7. The Morgan fingerprint density at radius 3 is 2.31 bits per heavy atom. The van der Waals surface area contributed by atoms with E-state index in [9.17, 15) is 24.0 Å². The third kappa shape index (κ3) is 5.45. The summed E-state index contributed by atoms with van der Waals surface area (Å²) in [5.41, 5.74) is 6.01. The number of likely N-dealkylation sites (tertiary alicyclic amines) is 1. The number of hydrogen-bond acceptors (Lipinski definition) is 8. The van der Waals surface area contributed by atoms with Gasteiger partial charge in [0.05, 0.1) is 33.1 Å². The lowest BCUT2D eigenvalue weighted by molar-refractivity contribution is -0.136. The van der Waals surface area contributed by atoms with Gasteiger partial charge in [0.1, 0.15) is 11.9 Å². The molecule has 1 saturated carbocycles. The van der Waals surface area contributed by atoms with Crippen LogP contribution in [0, 0.1) is 0 Å². The number of nitrogens with one attached hydrogen (secondary N) is 1. The van der Waals surface area contributed by atoms with Crippen LogP contribution in [0.3, 0.4) is 0 Å². The number of anilines is 1. The molecule has 1 aromatic heterocycles. The average Bonchev–Trinajstić information content (AvgIpc) is 3.60. The molecule has 1 atom stereocenters. The Bertz CT molecular complexity index is 2370. The summed E-state index contributed by atoms with van der Waals surface area (Å²) >= 11 is 3.64. The minimum atomic E-state index is -0.964. The van der Waals surface area contributed by atoms with E-state index < -0.39 is 23.8 Å². The van der Waals surface area contributed by atoms with Gasteiger partial charge in [0, 0.05) is 35.7 Å². The number of imide groups is 2. The van der Waals surface area contributed by atoms with Crippen molar-refractivity contribution in [3.8, 4) is 5.69 Å². The molecule has 3 aromatic carbocycles. The molecule has 10 rings (SSSR count). The van der Waals surface area contributed by atoms with Crippen LogP contribution in [0.15, 0.2) is 63.9 Å². The average molecular weight is 804 g/mol. The molecule has 12 heteroatoms. The molecule has 1 spiro atoms. The van der Waals surface area contributed by atoms with Gasteiger partial charge in [-0.05, 0) is 127 Å². The van der Waals surface area contributed by atoms with Crippen molar-refractivity contribution in [2.75, 3.05) is 31.1 Å². The molecule has 5 aliphatic heterocycles. The highest BCUT2D eigenvalue weighted by molar-refractivity contribution is 9.10. The molecule has 3 saturated heterocycles. The summed E-state index contributed by atoms with van der Waals surface area (Å²) < 4.78 is 3.09. The highest BCUT2D eigenvalue weighted by Gasteiger charge is 2.47. The Kier molecular flexibility index (Phi) is 8.36. The quantitative estimate of drug-likeness (QED) is 0.251. The van der Waals surface area contributed by atoms with Crippen molar-refractivity contribution in [1.29, 1.82) is 0 Å². The summed E-state index contributed by atoms with van der Waals surface area (Å²) in [6.45, 7) is 3.80. The number of piperidine rings is 3. The number of hydrogen-bond donors (Lipinski definition) is 1. The number of aromatic nitrogens is 2. The van der Waals surface area contributed by atoms with Crippen LogP contribution in [0.4, 0.5) is 5.69 Å². The van der Waals surface area contributed by atoms with E-state index in [1.165, 1.54) is 23.2 Å². The fraction of sp³-hybridized carbons (Fsp3) is 0.442. The summed E-state index contributed by atoms with van der Waals surface area (Å²) in [5.74, 6) is -0.539. The second-order valence-electron chi connectivity index (χ2n) is 16.3. The Labute approximate surface area is 327 Å². The van der Waals surface area contributed by atoms with Gasteiger partial charge in [0.25, 0.3) is 17.4 Å². The van der Waals surface area contributed by atoms with Crippen LogP contribution in [0.5, 0.6) is 0 Å². The van der Waals surface area contributed by atoms with Crippen LogP contribution < -0.4 is 15.8 Å². The van der Waals surface area contributed by atoms with Crippen LogP contribution in [0.2, 0.25) is 0 Å². The molecule has 6 aliphatic rings. The summed E-state index contributed by atoms with van der Waals surface area (Å²) in [7, 11) is 0. The van der Waals surface area contributed by atoms with Crippen molar-refractivity contribution in [2.24, 2.45) is 0 Å². The van der Waals surface area contributed by atoms with Crippen molar-refractivity contribution < 1.29 is 19.2 Å². The minimum Gasteiger partial charge on any atom is -0.371 e. The zero-order valence-electron chi connectivity index (χ0n) is 30.7.